The summed E-state index contributed by atoms with van der Waals surface area (Å²) in [6.07, 6.45) is 0.923. The van der Waals surface area contributed by atoms with Crippen molar-refractivity contribution in [2.45, 2.75) is 19.4 Å². The van der Waals surface area contributed by atoms with Crippen LogP contribution in [0, 0.1) is 0 Å². The highest BCUT2D eigenvalue weighted by Gasteiger charge is 2.16. The van der Waals surface area contributed by atoms with Crippen molar-refractivity contribution in [2.75, 3.05) is 11.9 Å². The van der Waals surface area contributed by atoms with Gasteiger partial charge in [-0.25, -0.2) is 4.79 Å². The first kappa shape index (κ1) is 12.9. The monoisotopic (exact) mass is 290 g/mol. The van der Waals surface area contributed by atoms with E-state index in [2.05, 4.69) is 26.9 Å². The van der Waals surface area contributed by atoms with E-state index < -0.39 is 0 Å². The summed E-state index contributed by atoms with van der Waals surface area (Å²) >= 11 is 1.28. The van der Waals surface area contributed by atoms with E-state index in [1.807, 2.05) is 19.1 Å². The van der Waals surface area contributed by atoms with Crippen LogP contribution in [0.3, 0.4) is 0 Å². The third kappa shape index (κ3) is 2.72. The first-order valence-electron chi connectivity index (χ1n) is 6.31. The number of nitrogens with zero attached hydrogens (tertiary/aromatic N) is 2. The number of nitrogens with one attached hydrogen (secondary N) is 2. The van der Waals surface area contributed by atoms with Crippen molar-refractivity contribution >= 4 is 22.5 Å². The molecule has 6 nitrogen and oxygen atoms in total. The Balaban J connectivity index is 1.64. The lowest BCUT2D eigenvalue weighted by atomic mass is 10.0. The Labute approximate surface area is 120 Å². The highest BCUT2D eigenvalue weighted by Crippen LogP contribution is 2.28. The Morgan fingerprint density at radius 1 is 1.50 bits per heavy atom. The molecule has 1 atom stereocenters. The summed E-state index contributed by atoms with van der Waals surface area (Å²) in [6, 6.07) is 5.64. The van der Waals surface area contributed by atoms with Gasteiger partial charge < -0.3 is 10.1 Å². The fourth-order valence-electron chi connectivity index (χ4n) is 2.12. The van der Waals surface area contributed by atoms with Crippen molar-refractivity contribution in [3.8, 4) is 5.75 Å². The van der Waals surface area contributed by atoms with Crippen LogP contribution < -0.4 is 15.4 Å². The van der Waals surface area contributed by atoms with Crippen molar-refractivity contribution in [3.63, 3.8) is 0 Å². The number of rotatable bonds is 3. The maximum atomic E-state index is 11.8. The quantitative estimate of drug-likeness (QED) is 0.909. The number of anilines is 1. The van der Waals surface area contributed by atoms with Crippen molar-refractivity contribution < 1.29 is 9.53 Å². The summed E-state index contributed by atoms with van der Waals surface area (Å²) in [7, 11) is 0. The molecule has 0 unspecified atom stereocenters. The molecule has 1 aliphatic heterocycles. The maximum absolute atomic E-state index is 11.8. The molecule has 0 radical (unpaired) electrons. The minimum absolute atomic E-state index is 0.0891. The number of amides is 2. The predicted molar refractivity (Wildman–Crippen MR) is 76.1 cm³/mol. The number of aromatic nitrogens is 2. The molecular formula is C13H14N4O2S. The topological polar surface area (TPSA) is 76.1 Å². The van der Waals surface area contributed by atoms with Crippen LogP contribution in [0.4, 0.5) is 9.93 Å². The third-order valence-electron chi connectivity index (χ3n) is 3.14. The summed E-state index contributed by atoms with van der Waals surface area (Å²) < 4.78 is 5.47. The van der Waals surface area contributed by atoms with Gasteiger partial charge in [0, 0.05) is 6.42 Å². The average Bonchev–Trinajstić information content (AvgIpc) is 3.07. The number of carbonyl (C=O) groups excluding carboxylic acids is 1. The molecule has 0 spiro atoms. The van der Waals surface area contributed by atoms with Gasteiger partial charge in [-0.05, 0) is 30.2 Å². The van der Waals surface area contributed by atoms with E-state index in [0.29, 0.717) is 5.13 Å². The van der Waals surface area contributed by atoms with Gasteiger partial charge >= 0.3 is 6.03 Å². The first-order valence-corrected chi connectivity index (χ1v) is 7.19. The van der Waals surface area contributed by atoms with Gasteiger partial charge in [0.05, 0.1) is 12.6 Å². The van der Waals surface area contributed by atoms with Gasteiger partial charge in [0.15, 0.2) is 0 Å². The van der Waals surface area contributed by atoms with E-state index in [-0.39, 0.29) is 12.1 Å². The Hall–Kier alpha value is -2.15. The zero-order chi connectivity index (χ0) is 13.9. The molecule has 1 aromatic heterocycles. The van der Waals surface area contributed by atoms with Crippen LogP contribution in [0.1, 0.15) is 24.1 Å². The minimum Gasteiger partial charge on any atom is -0.493 e. The zero-order valence-corrected chi connectivity index (χ0v) is 11.7. The van der Waals surface area contributed by atoms with Crippen LogP contribution in [0.25, 0.3) is 0 Å². The van der Waals surface area contributed by atoms with Crippen molar-refractivity contribution in [2.24, 2.45) is 0 Å². The second-order valence-corrected chi connectivity index (χ2v) is 5.36. The van der Waals surface area contributed by atoms with Crippen LogP contribution in [-0.2, 0) is 6.42 Å². The SMILES string of the molecule is C[C@@H](NC(=O)Nc1nncs1)c1ccc2c(c1)CCO2. The van der Waals surface area contributed by atoms with Gasteiger partial charge in [-0.2, -0.15) is 0 Å². The molecule has 3 rings (SSSR count). The fourth-order valence-corrected chi connectivity index (χ4v) is 2.56. The third-order valence-corrected chi connectivity index (χ3v) is 3.75. The van der Waals surface area contributed by atoms with E-state index in [0.717, 1.165) is 24.3 Å². The summed E-state index contributed by atoms with van der Waals surface area (Å²) in [6.45, 7) is 2.68. The number of fused-ring (bicyclic) bond motifs is 1. The molecule has 1 aliphatic rings. The molecule has 7 heteroatoms. The van der Waals surface area contributed by atoms with Crippen molar-refractivity contribution in [1.82, 2.24) is 15.5 Å². The second kappa shape index (κ2) is 5.46. The molecule has 0 saturated carbocycles. The van der Waals surface area contributed by atoms with Crippen LogP contribution in [0.5, 0.6) is 5.75 Å². The highest BCUT2D eigenvalue weighted by molar-refractivity contribution is 7.13. The molecule has 2 N–H and O–H groups in total. The lowest BCUT2D eigenvalue weighted by Gasteiger charge is -2.15. The lowest BCUT2D eigenvalue weighted by molar-refractivity contribution is 0.249. The Kier molecular flexibility index (Phi) is 3.51. The van der Waals surface area contributed by atoms with Crippen molar-refractivity contribution in [1.29, 1.82) is 0 Å². The Morgan fingerprint density at radius 2 is 2.40 bits per heavy atom. The van der Waals surface area contributed by atoms with E-state index in [1.165, 1.54) is 16.9 Å². The van der Waals surface area contributed by atoms with Gasteiger partial charge in [-0.1, -0.05) is 17.4 Å². The first-order chi connectivity index (χ1) is 9.72. The maximum Gasteiger partial charge on any atom is 0.321 e. The average molecular weight is 290 g/mol. The summed E-state index contributed by atoms with van der Waals surface area (Å²) in [5.74, 6) is 0.944. The highest BCUT2D eigenvalue weighted by atomic mass is 32.1. The van der Waals surface area contributed by atoms with Gasteiger partial charge in [-0.15, -0.1) is 10.2 Å². The predicted octanol–water partition coefficient (Wildman–Crippen LogP) is 2.36. The van der Waals surface area contributed by atoms with Crippen LogP contribution in [0.15, 0.2) is 23.7 Å². The standard InChI is InChI=1S/C13H14N4O2S/c1-8(15-12(18)16-13-17-14-7-20-13)9-2-3-11-10(6-9)4-5-19-11/h2-3,6-8H,4-5H2,1H3,(H2,15,16,17,18)/t8-/m1/s1. The number of hydrogen-bond donors (Lipinski definition) is 2. The Bertz CT molecular complexity index is 615. The number of hydrogen-bond acceptors (Lipinski definition) is 5. The smallest absolute Gasteiger partial charge is 0.321 e. The van der Waals surface area contributed by atoms with Crippen LogP contribution >= 0.6 is 11.3 Å². The van der Waals surface area contributed by atoms with Gasteiger partial charge in [0.25, 0.3) is 0 Å². The summed E-state index contributed by atoms with van der Waals surface area (Å²) in [5, 5.41) is 13.4. The largest absolute Gasteiger partial charge is 0.493 e. The number of benzene rings is 1. The summed E-state index contributed by atoms with van der Waals surface area (Å²) in [5.41, 5.74) is 3.82. The molecule has 2 amide bonds. The minimum atomic E-state index is -0.286. The normalized spacial score (nSPS) is 14.2. The van der Waals surface area contributed by atoms with Gasteiger partial charge in [0.1, 0.15) is 11.3 Å². The van der Waals surface area contributed by atoms with Crippen LogP contribution in [0.2, 0.25) is 0 Å². The number of urea groups is 1. The van der Waals surface area contributed by atoms with Crippen LogP contribution in [-0.4, -0.2) is 22.8 Å². The van der Waals surface area contributed by atoms with Gasteiger partial charge in [0.2, 0.25) is 5.13 Å². The molecule has 1 aromatic carbocycles. The molecule has 2 heterocycles. The van der Waals surface area contributed by atoms with Crippen molar-refractivity contribution in [3.05, 3.63) is 34.8 Å². The molecule has 0 saturated heterocycles. The lowest BCUT2D eigenvalue weighted by Crippen LogP contribution is -2.31. The molecule has 0 aliphatic carbocycles. The second-order valence-electron chi connectivity index (χ2n) is 4.53. The molecule has 20 heavy (non-hydrogen) atoms. The Morgan fingerprint density at radius 3 is 3.20 bits per heavy atom. The molecular weight excluding hydrogens is 276 g/mol. The molecule has 104 valence electrons. The zero-order valence-electron chi connectivity index (χ0n) is 10.9. The fraction of sp³-hybridized carbons (Fsp3) is 0.308. The van der Waals surface area contributed by atoms with E-state index >= 15 is 0 Å². The van der Waals surface area contributed by atoms with Gasteiger partial charge in [-0.3, -0.25) is 5.32 Å². The molecule has 0 bridgehead atoms. The molecule has 2 aromatic rings. The van der Waals surface area contributed by atoms with E-state index in [4.69, 9.17) is 4.74 Å². The van der Waals surface area contributed by atoms with E-state index in [1.54, 1.807) is 5.51 Å². The summed E-state index contributed by atoms with van der Waals surface area (Å²) in [4.78, 5) is 11.8. The van der Waals surface area contributed by atoms with E-state index in [9.17, 15) is 4.79 Å². The number of carbonyl (C=O) groups is 1. The molecule has 0 fully saturated rings. The number of ether oxygens (including phenoxy) is 1.